The van der Waals surface area contributed by atoms with Gasteiger partial charge in [0.05, 0.1) is 28.9 Å². The number of aryl methyl sites for hydroxylation is 1. The first kappa shape index (κ1) is 10.4. The molecule has 0 saturated heterocycles. The molecule has 5 nitrogen and oxygen atoms in total. The first-order chi connectivity index (χ1) is 8.79. The monoisotopic (exact) mass is 235 g/mol. The Hall–Kier alpha value is -2.74. The van der Waals surface area contributed by atoms with E-state index in [1.165, 1.54) is 0 Å². The lowest BCUT2D eigenvalue weighted by atomic mass is 10.2. The summed E-state index contributed by atoms with van der Waals surface area (Å²) in [7, 11) is 1.92. The van der Waals surface area contributed by atoms with Gasteiger partial charge in [-0.05, 0) is 18.2 Å². The number of nitriles is 1. The van der Waals surface area contributed by atoms with Crippen LogP contribution in [0.5, 0.6) is 0 Å². The highest BCUT2D eigenvalue weighted by molar-refractivity contribution is 5.81. The molecule has 2 heterocycles. The molecule has 0 aliphatic heterocycles. The molecule has 3 rings (SSSR count). The van der Waals surface area contributed by atoms with Gasteiger partial charge in [0, 0.05) is 19.4 Å². The van der Waals surface area contributed by atoms with E-state index in [1.54, 1.807) is 30.7 Å². The number of benzene rings is 1. The minimum absolute atomic E-state index is 0.603. The van der Waals surface area contributed by atoms with Gasteiger partial charge in [0.1, 0.15) is 5.69 Å². The Bertz CT molecular complexity index is 752. The van der Waals surface area contributed by atoms with Gasteiger partial charge in [0.25, 0.3) is 0 Å². The zero-order valence-corrected chi connectivity index (χ0v) is 9.70. The molecule has 0 bridgehead atoms. The van der Waals surface area contributed by atoms with Crippen LogP contribution in [0.1, 0.15) is 5.56 Å². The Balaban J connectivity index is 2.27. The summed E-state index contributed by atoms with van der Waals surface area (Å²) in [6.45, 7) is 0. The number of imidazole rings is 1. The van der Waals surface area contributed by atoms with Crippen LogP contribution in [-0.2, 0) is 7.05 Å². The minimum atomic E-state index is 0.603. The molecule has 5 heteroatoms. The summed E-state index contributed by atoms with van der Waals surface area (Å²) < 4.78 is 1.94. The third-order valence-corrected chi connectivity index (χ3v) is 2.80. The molecule has 0 spiro atoms. The van der Waals surface area contributed by atoms with Gasteiger partial charge in [0.15, 0.2) is 5.82 Å². The molecule has 0 fully saturated rings. The lowest BCUT2D eigenvalue weighted by Crippen LogP contribution is -1.94. The molecule has 86 valence electrons. The van der Waals surface area contributed by atoms with E-state index in [2.05, 4.69) is 21.0 Å². The maximum Gasteiger partial charge on any atom is 0.161 e. The van der Waals surface area contributed by atoms with Gasteiger partial charge in [-0.2, -0.15) is 5.26 Å². The van der Waals surface area contributed by atoms with Crippen molar-refractivity contribution in [2.75, 3.05) is 0 Å². The van der Waals surface area contributed by atoms with Crippen LogP contribution in [0.3, 0.4) is 0 Å². The lowest BCUT2D eigenvalue weighted by Gasteiger charge is -2.00. The fourth-order valence-electron chi connectivity index (χ4n) is 1.91. The summed E-state index contributed by atoms with van der Waals surface area (Å²) >= 11 is 0. The predicted octanol–water partition coefficient (Wildman–Crippen LogP) is 1.90. The van der Waals surface area contributed by atoms with E-state index in [-0.39, 0.29) is 0 Å². The average molecular weight is 235 g/mol. The van der Waals surface area contributed by atoms with Crippen LogP contribution in [0.4, 0.5) is 0 Å². The molecule has 0 radical (unpaired) electrons. The Morgan fingerprint density at radius 2 is 2.17 bits per heavy atom. The number of hydrogen-bond donors (Lipinski definition) is 0. The van der Waals surface area contributed by atoms with Crippen LogP contribution in [0.15, 0.2) is 36.8 Å². The van der Waals surface area contributed by atoms with Crippen molar-refractivity contribution in [3.63, 3.8) is 0 Å². The molecule has 0 atom stereocenters. The fourth-order valence-corrected chi connectivity index (χ4v) is 1.91. The summed E-state index contributed by atoms with van der Waals surface area (Å²) in [5, 5.41) is 8.88. The van der Waals surface area contributed by atoms with Crippen LogP contribution in [0.25, 0.3) is 22.6 Å². The molecule has 0 amide bonds. The van der Waals surface area contributed by atoms with Crippen molar-refractivity contribution in [3.8, 4) is 17.6 Å². The third-order valence-electron chi connectivity index (χ3n) is 2.80. The van der Waals surface area contributed by atoms with E-state index in [4.69, 9.17) is 5.26 Å². The number of rotatable bonds is 1. The van der Waals surface area contributed by atoms with Crippen molar-refractivity contribution in [2.45, 2.75) is 0 Å². The van der Waals surface area contributed by atoms with E-state index in [9.17, 15) is 0 Å². The van der Waals surface area contributed by atoms with E-state index < -0.39 is 0 Å². The highest BCUT2D eigenvalue weighted by Gasteiger charge is 2.11. The third kappa shape index (κ3) is 1.52. The van der Waals surface area contributed by atoms with Crippen LogP contribution >= 0.6 is 0 Å². The number of aromatic nitrogens is 4. The van der Waals surface area contributed by atoms with Gasteiger partial charge >= 0.3 is 0 Å². The number of nitrogens with zero attached hydrogens (tertiary/aromatic N) is 5. The fraction of sp³-hybridized carbons (Fsp3) is 0.0769. The standard InChI is InChI=1S/C13H9N5/c1-18-12-3-2-9(7-14)6-10(12)17-13(18)11-8-15-4-5-16-11/h2-6,8H,1H3. The molecular weight excluding hydrogens is 226 g/mol. The van der Waals surface area contributed by atoms with Gasteiger partial charge in [-0.1, -0.05) is 0 Å². The Morgan fingerprint density at radius 3 is 2.89 bits per heavy atom. The maximum atomic E-state index is 8.88. The predicted molar refractivity (Wildman–Crippen MR) is 66.5 cm³/mol. The second kappa shape index (κ2) is 3.93. The quantitative estimate of drug-likeness (QED) is 0.646. The van der Waals surface area contributed by atoms with Gasteiger partial charge in [-0.15, -0.1) is 0 Å². The second-order valence-electron chi connectivity index (χ2n) is 3.90. The van der Waals surface area contributed by atoms with Crippen molar-refractivity contribution in [1.29, 1.82) is 5.26 Å². The Labute approximate surface area is 103 Å². The van der Waals surface area contributed by atoms with Crippen molar-refractivity contribution >= 4 is 11.0 Å². The van der Waals surface area contributed by atoms with Crippen LogP contribution in [0, 0.1) is 11.3 Å². The van der Waals surface area contributed by atoms with E-state index in [0.717, 1.165) is 22.6 Å². The smallest absolute Gasteiger partial charge is 0.161 e. The molecule has 2 aromatic heterocycles. The van der Waals surface area contributed by atoms with Gasteiger partial charge in [0.2, 0.25) is 0 Å². The van der Waals surface area contributed by atoms with Gasteiger partial charge < -0.3 is 4.57 Å². The molecule has 0 N–H and O–H groups in total. The Kier molecular flexibility index (Phi) is 2.27. The van der Waals surface area contributed by atoms with Crippen LogP contribution in [-0.4, -0.2) is 19.5 Å². The Morgan fingerprint density at radius 1 is 1.28 bits per heavy atom. The number of fused-ring (bicyclic) bond motifs is 1. The lowest BCUT2D eigenvalue weighted by molar-refractivity contribution is 0.946. The molecule has 0 aliphatic rings. The molecule has 18 heavy (non-hydrogen) atoms. The highest BCUT2D eigenvalue weighted by Crippen LogP contribution is 2.22. The largest absolute Gasteiger partial charge is 0.326 e. The molecule has 0 saturated carbocycles. The summed E-state index contributed by atoms with van der Waals surface area (Å²) in [6.07, 6.45) is 4.93. The van der Waals surface area contributed by atoms with Crippen LogP contribution in [0.2, 0.25) is 0 Å². The second-order valence-corrected chi connectivity index (χ2v) is 3.90. The molecule has 0 aliphatic carbocycles. The van der Waals surface area contributed by atoms with E-state index in [0.29, 0.717) is 5.56 Å². The zero-order valence-electron chi connectivity index (χ0n) is 9.70. The summed E-state index contributed by atoms with van der Waals surface area (Å²) in [5.41, 5.74) is 3.08. The minimum Gasteiger partial charge on any atom is -0.326 e. The SMILES string of the molecule is Cn1c(-c2cnccn2)nc2cc(C#N)ccc21. The topological polar surface area (TPSA) is 67.4 Å². The molecule has 0 unspecified atom stereocenters. The maximum absolute atomic E-state index is 8.88. The highest BCUT2D eigenvalue weighted by atomic mass is 15.1. The normalized spacial score (nSPS) is 10.4. The first-order valence-electron chi connectivity index (χ1n) is 5.42. The van der Waals surface area contributed by atoms with Gasteiger partial charge in [-0.25, -0.2) is 9.97 Å². The van der Waals surface area contributed by atoms with Crippen molar-refractivity contribution in [2.24, 2.45) is 7.05 Å². The summed E-state index contributed by atoms with van der Waals surface area (Å²) in [4.78, 5) is 12.8. The van der Waals surface area contributed by atoms with Crippen molar-refractivity contribution < 1.29 is 0 Å². The zero-order chi connectivity index (χ0) is 12.5. The van der Waals surface area contributed by atoms with Gasteiger partial charge in [-0.3, -0.25) is 4.98 Å². The average Bonchev–Trinajstić information content (AvgIpc) is 2.76. The summed E-state index contributed by atoms with van der Waals surface area (Å²) in [5.74, 6) is 0.744. The molecule has 3 aromatic rings. The first-order valence-corrected chi connectivity index (χ1v) is 5.42. The molecular formula is C13H9N5. The van der Waals surface area contributed by atoms with E-state index in [1.807, 2.05) is 17.7 Å². The van der Waals surface area contributed by atoms with Crippen LogP contribution < -0.4 is 0 Å². The van der Waals surface area contributed by atoms with Crippen molar-refractivity contribution in [1.82, 2.24) is 19.5 Å². The summed E-state index contributed by atoms with van der Waals surface area (Å²) in [6, 6.07) is 7.56. The molecule has 1 aromatic carbocycles. The van der Waals surface area contributed by atoms with E-state index >= 15 is 0 Å². The van der Waals surface area contributed by atoms with Crippen molar-refractivity contribution in [3.05, 3.63) is 42.4 Å². The number of hydrogen-bond acceptors (Lipinski definition) is 4.